The lowest BCUT2D eigenvalue weighted by Crippen LogP contribution is -2.37. The molecule has 1 atom stereocenters. The van der Waals surface area contributed by atoms with E-state index in [4.69, 9.17) is 5.11 Å². The highest BCUT2D eigenvalue weighted by Gasteiger charge is 2.15. The van der Waals surface area contributed by atoms with Gasteiger partial charge in [0.15, 0.2) is 0 Å². The number of carbonyl (C=O) groups excluding carboxylic acids is 1. The maximum atomic E-state index is 12.5. The molecule has 0 aliphatic carbocycles. The lowest BCUT2D eigenvalue weighted by molar-refractivity contribution is 0.0937. The van der Waals surface area contributed by atoms with Crippen LogP contribution in [-0.2, 0) is 0 Å². The van der Waals surface area contributed by atoms with Crippen LogP contribution in [0.25, 0.3) is 10.9 Å². The highest BCUT2D eigenvalue weighted by molar-refractivity contribution is 7.98. The van der Waals surface area contributed by atoms with Crippen molar-refractivity contribution in [1.82, 2.24) is 10.3 Å². The first-order valence-corrected chi connectivity index (χ1v) is 8.32. The number of thioether (sulfide) groups is 1. The first-order valence-electron chi connectivity index (χ1n) is 6.92. The maximum Gasteiger partial charge on any atom is 0.253 e. The Morgan fingerprint density at radius 2 is 2.19 bits per heavy atom. The molecule has 1 heterocycles. The Hall–Kier alpha value is -1.59. The van der Waals surface area contributed by atoms with E-state index in [1.54, 1.807) is 17.8 Å². The van der Waals surface area contributed by atoms with Crippen LogP contribution in [0.3, 0.4) is 0 Å². The minimum Gasteiger partial charge on any atom is -0.396 e. The number of benzene rings is 1. The summed E-state index contributed by atoms with van der Waals surface area (Å²) in [6.07, 6.45) is 2.54. The Balaban J connectivity index is 2.28. The number of hydrogen-bond acceptors (Lipinski definition) is 4. The van der Waals surface area contributed by atoms with Gasteiger partial charge in [0.25, 0.3) is 5.91 Å². The number of nitrogens with zero attached hydrogens (tertiary/aromatic N) is 1. The molecule has 0 saturated heterocycles. The Morgan fingerprint density at radius 1 is 1.38 bits per heavy atom. The van der Waals surface area contributed by atoms with E-state index >= 15 is 0 Å². The summed E-state index contributed by atoms with van der Waals surface area (Å²) >= 11 is 1.65. The molecule has 5 heteroatoms. The molecular weight excluding hydrogens is 284 g/mol. The summed E-state index contributed by atoms with van der Waals surface area (Å²) in [5.74, 6) is 0.648. The van der Waals surface area contributed by atoms with Crippen LogP contribution < -0.4 is 5.32 Å². The van der Waals surface area contributed by atoms with Crippen molar-refractivity contribution in [2.75, 3.05) is 18.6 Å². The van der Waals surface area contributed by atoms with Crippen molar-refractivity contribution in [2.24, 2.45) is 0 Å². The number of rotatable bonds is 6. The van der Waals surface area contributed by atoms with Crippen molar-refractivity contribution in [3.63, 3.8) is 0 Å². The number of amides is 1. The number of nitrogens with one attached hydrogen (secondary N) is 1. The number of fused-ring (bicyclic) bond motifs is 1. The van der Waals surface area contributed by atoms with E-state index in [9.17, 15) is 4.79 Å². The molecule has 112 valence electrons. The SMILES string of the molecule is CSCC(CCO)NC(=O)c1cccc2ccc(C)nc12. The monoisotopic (exact) mass is 304 g/mol. The number of para-hydroxylation sites is 1. The molecule has 2 N–H and O–H groups in total. The second-order valence-corrected chi connectivity index (χ2v) is 5.88. The minimum absolute atomic E-state index is 0.0300. The van der Waals surface area contributed by atoms with Gasteiger partial charge >= 0.3 is 0 Å². The normalized spacial score (nSPS) is 12.3. The van der Waals surface area contributed by atoms with Crippen LogP contribution in [0.2, 0.25) is 0 Å². The summed E-state index contributed by atoms with van der Waals surface area (Å²) in [6.45, 7) is 1.98. The molecule has 1 aromatic carbocycles. The van der Waals surface area contributed by atoms with Crippen LogP contribution in [-0.4, -0.2) is 40.7 Å². The van der Waals surface area contributed by atoms with Crippen molar-refractivity contribution < 1.29 is 9.90 Å². The fourth-order valence-corrected chi connectivity index (χ4v) is 2.90. The number of aryl methyl sites for hydroxylation is 1. The Bertz CT molecular complexity index is 625. The van der Waals surface area contributed by atoms with E-state index in [0.29, 0.717) is 12.0 Å². The molecule has 1 amide bonds. The van der Waals surface area contributed by atoms with Crippen molar-refractivity contribution in [3.05, 3.63) is 41.6 Å². The number of pyridine rings is 1. The molecule has 2 rings (SSSR count). The Labute approximate surface area is 129 Å². The molecule has 1 aromatic heterocycles. The highest BCUT2D eigenvalue weighted by atomic mass is 32.2. The first kappa shape index (κ1) is 15.8. The number of carbonyl (C=O) groups is 1. The summed E-state index contributed by atoms with van der Waals surface area (Å²) in [7, 11) is 0. The van der Waals surface area contributed by atoms with Gasteiger partial charge in [-0.2, -0.15) is 11.8 Å². The Kier molecular flexibility index (Phi) is 5.59. The highest BCUT2D eigenvalue weighted by Crippen LogP contribution is 2.17. The Morgan fingerprint density at radius 3 is 2.90 bits per heavy atom. The van der Waals surface area contributed by atoms with Crippen LogP contribution in [0.4, 0.5) is 0 Å². The third-order valence-corrected chi connectivity index (χ3v) is 4.02. The number of hydrogen-bond donors (Lipinski definition) is 2. The third kappa shape index (κ3) is 3.95. The zero-order chi connectivity index (χ0) is 15.2. The fraction of sp³-hybridized carbons (Fsp3) is 0.375. The van der Waals surface area contributed by atoms with Crippen LogP contribution in [0.15, 0.2) is 30.3 Å². The van der Waals surface area contributed by atoms with Crippen LogP contribution in [0.1, 0.15) is 22.5 Å². The van der Waals surface area contributed by atoms with Crippen LogP contribution in [0, 0.1) is 6.92 Å². The quantitative estimate of drug-likeness (QED) is 0.860. The predicted octanol–water partition coefficient (Wildman–Crippen LogP) is 2.39. The van der Waals surface area contributed by atoms with E-state index in [1.807, 2.05) is 37.4 Å². The van der Waals surface area contributed by atoms with E-state index < -0.39 is 0 Å². The van der Waals surface area contributed by atoms with Gasteiger partial charge < -0.3 is 10.4 Å². The molecule has 0 spiro atoms. The lowest BCUT2D eigenvalue weighted by atomic mass is 10.1. The van der Waals surface area contributed by atoms with Gasteiger partial charge in [-0.3, -0.25) is 9.78 Å². The number of aliphatic hydroxyl groups excluding tert-OH is 1. The molecule has 4 nitrogen and oxygen atoms in total. The van der Waals surface area contributed by atoms with Gasteiger partial charge in [0.1, 0.15) is 0 Å². The van der Waals surface area contributed by atoms with E-state index in [1.165, 1.54) is 0 Å². The molecule has 2 aromatic rings. The smallest absolute Gasteiger partial charge is 0.253 e. The summed E-state index contributed by atoms with van der Waals surface area (Å²) in [5, 5.41) is 13.0. The molecule has 0 saturated carbocycles. The second kappa shape index (κ2) is 7.43. The zero-order valence-corrected chi connectivity index (χ0v) is 13.1. The van der Waals surface area contributed by atoms with Gasteiger partial charge in [-0.1, -0.05) is 18.2 Å². The molecule has 0 fully saturated rings. The van der Waals surface area contributed by atoms with Gasteiger partial charge in [-0.05, 0) is 31.7 Å². The van der Waals surface area contributed by atoms with Gasteiger partial charge in [0, 0.05) is 29.5 Å². The predicted molar refractivity (Wildman–Crippen MR) is 87.8 cm³/mol. The first-order chi connectivity index (χ1) is 10.2. The summed E-state index contributed by atoms with van der Waals surface area (Å²) in [4.78, 5) is 17.0. The molecule has 0 aliphatic heterocycles. The van der Waals surface area contributed by atoms with E-state index in [-0.39, 0.29) is 18.6 Å². The summed E-state index contributed by atoms with van der Waals surface area (Å²) in [6, 6.07) is 9.49. The van der Waals surface area contributed by atoms with Crippen LogP contribution >= 0.6 is 11.8 Å². The average molecular weight is 304 g/mol. The van der Waals surface area contributed by atoms with Gasteiger partial charge in [-0.25, -0.2) is 0 Å². The van der Waals surface area contributed by atoms with Crippen molar-refractivity contribution in [1.29, 1.82) is 0 Å². The second-order valence-electron chi connectivity index (χ2n) is 4.97. The minimum atomic E-state index is -0.133. The van der Waals surface area contributed by atoms with Crippen molar-refractivity contribution in [3.8, 4) is 0 Å². The van der Waals surface area contributed by atoms with E-state index in [2.05, 4.69) is 10.3 Å². The number of aromatic nitrogens is 1. The molecule has 1 unspecified atom stereocenters. The summed E-state index contributed by atoms with van der Waals surface area (Å²) < 4.78 is 0. The molecule has 0 aliphatic rings. The van der Waals surface area contributed by atoms with Crippen molar-refractivity contribution in [2.45, 2.75) is 19.4 Å². The average Bonchev–Trinajstić information content (AvgIpc) is 2.47. The fourth-order valence-electron chi connectivity index (χ4n) is 2.25. The molecule has 0 radical (unpaired) electrons. The zero-order valence-electron chi connectivity index (χ0n) is 12.3. The lowest BCUT2D eigenvalue weighted by Gasteiger charge is -2.17. The van der Waals surface area contributed by atoms with Crippen molar-refractivity contribution >= 4 is 28.6 Å². The number of aliphatic hydroxyl groups is 1. The molecule has 21 heavy (non-hydrogen) atoms. The standard InChI is InChI=1S/C16H20N2O2S/c1-11-6-7-12-4-3-5-14(15(12)17-11)16(20)18-13(8-9-19)10-21-2/h3-7,13,19H,8-10H2,1-2H3,(H,18,20). The molecule has 0 bridgehead atoms. The maximum absolute atomic E-state index is 12.5. The van der Waals surface area contributed by atoms with Crippen LogP contribution in [0.5, 0.6) is 0 Å². The van der Waals surface area contributed by atoms with Gasteiger partial charge in [-0.15, -0.1) is 0 Å². The van der Waals surface area contributed by atoms with Gasteiger partial charge in [0.2, 0.25) is 0 Å². The molecular formula is C16H20N2O2S. The largest absolute Gasteiger partial charge is 0.396 e. The van der Waals surface area contributed by atoms with Gasteiger partial charge in [0.05, 0.1) is 11.1 Å². The third-order valence-electron chi connectivity index (χ3n) is 3.28. The van der Waals surface area contributed by atoms with E-state index in [0.717, 1.165) is 22.3 Å². The summed E-state index contributed by atoms with van der Waals surface area (Å²) in [5.41, 5.74) is 2.20. The topological polar surface area (TPSA) is 62.2 Å².